The molecule has 3 aliphatic rings. The third kappa shape index (κ3) is 10.1. The molecule has 6 unspecified atom stereocenters. The largest absolute Gasteiger partial charge is 0.459 e. The fraction of sp³-hybridized carbons (Fsp3) is 0.479. The lowest BCUT2D eigenvalue weighted by Gasteiger charge is -2.60. The highest BCUT2D eigenvalue weighted by Crippen LogP contribution is 2.62. The lowest BCUT2D eigenvalue weighted by molar-refractivity contribution is -0.256. The minimum absolute atomic E-state index is 0.0105. The van der Waals surface area contributed by atoms with Crippen LogP contribution in [0.4, 0.5) is 9.18 Å². The summed E-state index contributed by atoms with van der Waals surface area (Å²) in [6.45, 7) is 11.9. The van der Waals surface area contributed by atoms with Crippen molar-refractivity contribution in [1.82, 2.24) is 4.90 Å². The summed E-state index contributed by atoms with van der Waals surface area (Å²) in [5.41, 5.74) is 2.93. The molecule has 6 rings (SSSR count). The zero-order valence-corrected chi connectivity index (χ0v) is 35.2. The number of amides is 1. The Kier molecular flexibility index (Phi) is 14.8. The van der Waals surface area contributed by atoms with Crippen LogP contribution in [0.3, 0.4) is 0 Å². The van der Waals surface area contributed by atoms with Crippen LogP contribution >= 0.6 is 0 Å². The van der Waals surface area contributed by atoms with E-state index in [1.165, 1.54) is 12.1 Å². The first-order valence-corrected chi connectivity index (χ1v) is 21.1. The van der Waals surface area contributed by atoms with E-state index in [1.807, 2.05) is 39.0 Å². The van der Waals surface area contributed by atoms with Gasteiger partial charge in [0.25, 0.3) is 0 Å². The second-order valence-corrected chi connectivity index (χ2v) is 16.7. The number of oxime groups is 1. The lowest BCUT2D eigenvalue weighted by Crippen LogP contribution is -2.70. The average Bonchev–Trinajstić information content (AvgIpc) is 3.23. The summed E-state index contributed by atoms with van der Waals surface area (Å²) in [5, 5.41) is 24.7. The number of unbranched alkanes of at least 4 members (excludes halogenated alkanes) is 2. The summed E-state index contributed by atoms with van der Waals surface area (Å²) in [7, 11) is 0. The van der Waals surface area contributed by atoms with Crippen LogP contribution in [0.25, 0.3) is 0 Å². The molecule has 0 spiro atoms. The zero-order valence-electron chi connectivity index (χ0n) is 35.2. The number of carbonyl (C=O) groups is 2. The summed E-state index contributed by atoms with van der Waals surface area (Å²) < 4.78 is 40.7. The predicted molar refractivity (Wildman–Crippen MR) is 227 cm³/mol. The van der Waals surface area contributed by atoms with Crippen LogP contribution < -0.4 is 9.47 Å². The lowest BCUT2D eigenvalue weighted by atomic mass is 9.55. The van der Waals surface area contributed by atoms with Gasteiger partial charge in [-0.2, -0.15) is 0 Å². The van der Waals surface area contributed by atoms with Crippen LogP contribution in [0.15, 0.2) is 96.2 Å². The number of ether oxygens (including phenoxy) is 4. The van der Waals surface area contributed by atoms with Crippen LogP contribution in [-0.2, 0) is 20.9 Å². The second-order valence-electron chi connectivity index (χ2n) is 16.7. The van der Waals surface area contributed by atoms with Crippen LogP contribution in [0.2, 0.25) is 0 Å². The summed E-state index contributed by atoms with van der Waals surface area (Å²) in [4.78, 5) is 33.8. The molecule has 0 bridgehead atoms. The molecule has 1 fully saturated rings. The molecular formula is C48H59FN2O9. The first kappa shape index (κ1) is 44.5. The van der Waals surface area contributed by atoms with Crippen molar-refractivity contribution in [2.75, 3.05) is 26.4 Å². The van der Waals surface area contributed by atoms with E-state index < -0.39 is 35.3 Å². The van der Waals surface area contributed by atoms with E-state index in [9.17, 15) is 24.2 Å². The molecule has 0 radical (unpaired) electrons. The van der Waals surface area contributed by atoms with E-state index in [2.05, 4.69) is 12.7 Å². The molecule has 322 valence electrons. The number of carbonyl (C=O) groups excluding carboxylic acids is 2. The first-order chi connectivity index (χ1) is 28.9. The highest BCUT2D eigenvalue weighted by molar-refractivity contribution is 6.03. The molecule has 2 aliphatic carbocycles. The van der Waals surface area contributed by atoms with Crippen molar-refractivity contribution in [2.24, 2.45) is 22.9 Å². The van der Waals surface area contributed by atoms with Gasteiger partial charge in [0, 0.05) is 43.2 Å². The molecule has 1 heterocycles. The summed E-state index contributed by atoms with van der Waals surface area (Å²) in [5.74, 6) is -1.14. The van der Waals surface area contributed by atoms with E-state index in [-0.39, 0.29) is 57.1 Å². The second kappa shape index (κ2) is 20.0. The van der Waals surface area contributed by atoms with E-state index >= 15 is 0 Å². The SMILES string of the molecule is C=CCOC12Oc3ccc(Oc4cccc(C=O)c4)cc3C3C(CCCCO)C(CCCCO)C=C(C(=NOC(C)(C)C)CC1N(Cc1ccc(F)cc1)C(=O)OCC)C32. The molecular weight excluding hydrogens is 768 g/mol. The van der Waals surface area contributed by atoms with E-state index in [4.69, 9.17) is 28.9 Å². The predicted octanol–water partition coefficient (Wildman–Crippen LogP) is 9.52. The normalized spacial score (nSPS) is 23.7. The highest BCUT2D eigenvalue weighted by atomic mass is 19.1. The van der Waals surface area contributed by atoms with Crippen molar-refractivity contribution in [3.8, 4) is 17.2 Å². The van der Waals surface area contributed by atoms with Crippen LogP contribution in [0.1, 0.15) is 100 Å². The number of aliphatic hydroxyl groups excluding tert-OH is 2. The van der Waals surface area contributed by atoms with Crippen molar-refractivity contribution in [1.29, 1.82) is 0 Å². The van der Waals surface area contributed by atoms with Gasteiger partial charge in [-0.15, -0.1) is 6.58 Å². The van der Waals surface area contributed by atoms with E-state index in [0.29, 0.717) is 46.9 Å². The van der Waals surface area contributed by atoms with Crippen molar-refractivity contribution in [2.45, 2.75) is 103 Å². The number of hydrogen-bond donors (Lipinski definition) is 2. The average molecular weight is 827 g/mol. The molecule has 0 saturated heterocycles. The minimum atomic E-state index is -1.52. The van der Waals surface area contributed by atoms with Gasteiger partial charge in [0.2, 0.25) is 5.79 Å². The molecule has 3 aromatic rings. The molecule has 1 aliphatic heterocycles. The minimum Gasteiger partial charge on any atom is -0.459 e. The van der Waals surface area contributed by atoms with Crippen molar-refractivity contribution < 1.29 is 48.0 Å². The maximum Gasteiger partial charge on any atom is 0.410 e. The highest BCUT2D eigenvalue weighted by Gasteiger charge is 2.65. The Bertz CT molecular complexity index is 2010. The Labute approximate surface area is 352 Å². The number of fused-ring (bicyclic) bond motifs is 2. The molecule has 12 heteroatoms. The Morgan fingerprint density at radius 1 is 1.02 bits per heavy atom. The summed E-state index contributed by atoms with van der Waals surface area (Å²) >= 11 is 0. The summed E-state index contributed by atoms with van der Waals surface area (Å²) in [6.07, 6.45) is 8.65. The number of aliphatic hydroxyl groups is 2. The maximum atomic E-state index is 14.4. The Morgan fingerprint density at radius 3 is 2.43 bits per heavy atom. The molecule has 1 saturated carbocycles. The van der Waals surface area contributed by atoms with Gasteiger partial charge in [-0.3, -0.25) is 9.69 Å². The molecule has 3 aromatic carbocycles. The van der Waals surface area contributed by atoms with Gasteiger partial charge < -0.3 is 34.0 Å². The number of rotatable bonds is 19. The number of hydrogen-bond acceptors (Lipinski definition) is 10. The van der Waals surface area contributed by atoms with Gasteiger partial charge in [-0.25, -0.2) is 9.18 Å². The van der Waals surface area contributed by atoms with Gasteiger partial charge in [-0.05, 0) is 119 Å². The standard InChI is InChI=1S/C48H59FN2O9/c1-6-25-57-48-43(51(46(55)56-7-2)30-32-17-19-35(49)20-18-32)29-41(50-60-47(3,4)5)39-27-34(14-8-10-23-52)38(16-9-11-24-53)44(45(39)48)40-28-37(21-22-42(40)59-48)58-36-15-12-13-33(26-36)31-54/h6,12-13,15,17-22,26-28,31,34,38,43-45,52-53H,1,7-11,14,16,23-25,29-30H2,2-5H3. The van der Waals surface area contributed by atoms with Gasteiger partial charge in [0.1, 0.15) is 41.0 Å². The van der Waals surface area contributed by atoms with E-state index in [1.54, 1.807) is 54.3 Å². The molecule has 11 nitrogen and oxygen atoms in total. The third-order valence-electron chi connectivity index (χ3n) is 11.4. The monoisotopic (exact) mass is 826 g/mol. The van der Waals surface area contributed by atoms with Crippen LogP contribution in [0.5, 0.6) is 17.2 Å². The van der Waals surface area contributed by atoms with Crippen molar-refractivity contribution in [3.63, 3.8) is 0 Å². The summed E-state index contributed by atoms with van der Waals surface area (Å²) in [6, 6.07) is 17.8. The van der Waals surface area contributed by atoms with Crippen molar-refractivity contribution >= 4 is 18.1 Å². The number of halogens is 1. The molecule has 6 atom stereocenters. The Balaban J connectivity index is 1.62. The fourth-order valence-electron chi connectivity index (χ4n) is 8.99. The molecule has 2 N–H and O–H groups in total. The zero-order chi connectivity index (χ0) is 42.9. The fourth-order valence-corrected chi connectivity index (χ4v) is 8.99. The maximum absolute atomic E-state index is 14.4. The van der Waals surface area contributed by atoms with Crippen LogP contribution in [0, 0.1) is 23.6 Å². The molecule has 60 heavy (non-hydrogen) atoms. The van der Waals surface area contributed by atoms with Gasteiger partial charge >= 0.3 is 6.09 Å². The Morgan fingerprint density at radius 2 is 1.75 bits per heavy atom. The van der Waals surface area contributed by atoms with Gasteiger partial charge in [-0.1, -0.05) is 54.4 Å². The van der Waals surface area contributed by atoms with Gasteiger partial charge in [0.15, 0.2) is 0 Å². The number of benzene rings is 3. The number of nitrogens with zero attached hydrogens (tertiary/aromatic N) is 2. The Hall–Kier alpha value is -5.04. The topological polar surface area (TPSA) is 136 Å². The molecule has 0 aromatic heterocycles. The number of allylic oxidation sites excluding steroid dienone is 1. The number of aldehydes is 1. The van der Waals surface area contributed by atoms with Crippen molar-refractivity contribution in [3.05, 3.63) is 114 Å². The van der Waals surface area contributed by atoms with E-state index in [0.717, 1.165) is 43.1 Å². The van der Waals surface area contributed by atoms with Gasteiger partial charge in [0.05, 0.1) is 24.8 Å². The smallest absolute Gasteiger partial charge is 0.410 e. The van der Waals surface area contributed by atoms with Crippen LogP contribution in [-0.4, -0.2) is 77.1 Å². The molecule has 1 amide bonds. The third-order valence-corrected chi connectivity index (χ3v) is 11.4. The first-order valence-electron chi connectivity index (χ1n) is 21.1. The quantitative estimate of drug-likeness (QED) is 0.0524.